The number of hydrogen-bond donors (Lipinski definition) is 2. The Morgan fingerprint density at radius 1 is 0.438 bits per heavy atom. The van der Waals surface area contributed by atoms with Gasteiger partial charge in [-0.15, -0.1) is 0 Å². The van der Waals surface area contributed by atoms with Crippen LogP contribution in [0.4, 0.5) is 0 Å². The molecule has 0 aliphatic carbocycles. The molecule has 0 heterocycles. The molecular weight excluding hydrogens is 1010 g/mol. The second kappa shape index (κ2) is 60.4. The van der Waals surface area contributed by atoms with Gasteiger partial charge in [0.2, 0.25) is 5.91 Å². The highest BCUT2D eigenvalue weighted by atomic mass is 31.2. The Bertz CT molecular complexity index is 1460. The summed E-state index contributed by atoms with van der Waals surface area (Å²) in [6, 6.07) is -0.846. The highest BCUT2D eigenvalue weighted by Gasteiger charge is 2.30. The van der Waals surface area contributed by atoms with E-state index in [9.17, 15) is 19.0 Å². The van der Waals surface area contributed by atoms with Gasteiger partial charge in [0.25, 0.3) is 0 Å². The maximum atomic E-state index is 13.6. The zero-order chi connectivity index (χ0) is 58.6. The Morgan fingerprint density at radius 2 is 0.762 bits per heavy atom. The van der Waals surface area contributed by atoms with Crippen molar-refractivity contribution in [3.05, 3.63) is 36.5 Å². The lowest BCUT2D eigenvalue weighted by molar-refractivity contribution is -0.870. The van der Waals surface area contributed by atoms with E-state index in [0.29, 0.717) is 23.9 Å². The molecule has 0 aliphatic rings. The minimum Gasteiger partial charge on any atom is -0.456 e. The number of unbranched alkanes of at least 4 members (excludes halogenated alkanes) is 44. The summed E-state index contributed by atoms with van der Waals surface area (Å²) in [5.41, 5.74) is 0. The van der Waals surface area contributed by atoms with Crippen LogP contribution in [0.1, 0.15) is 348 Å². The molecule has 0 bridgehead atoms. The molecule has 0 aromatic carbocycles. The number of esters is 1. The highest BCUT2D eigenvalue weighted by Crippen LogP contribution is 2.43. The molecule has 0 aromatic heterocycles. The third kappa shape index (κ3) is 60.8. The van der Waals surface area contributed by atoms with Crippen LogP contribution in [0.25, 0.3) is 0 Å². The zero-order valence-electron chi connectivity index (χ0n) is 54.1. The summed E-state index contributed by atoms with van der Waals surface area (Å²) in [4.78, 5) is 37.9. The van der Waals surface area contributed by atoms with E-state index in [1.54, 1.807) is 0 Å². The van der Waals surface area contributed by atoms with E-state index in [1.165, 1.54) is 250 Å². The van der Waals surface area contributed by atoms with Crippen LogP contribution >= 0.6 is 7.82 Å². The number of hydrogen-bond acceptors (Lipinski definition) is 6. The Labute approximate surface area is 497 Å². The SMILES string of the molecule is CCCCC/C=C\C/C=C\CCCCCCCCCCCCCC(=O)NC(COP(=O)(O)OCC[N+](C)(C)C)C(/C=C/CCCCCCCCCCCC)OC(=O)CCCCCCCCCCCCCCCCCCCCCCC. The van der Waals surface area contributed by atoms with Gasteiger partial charge < -0.3 is 19.4 Å². The molecule has 80 heavy (non-hydrogen) atoms. The van der Waals surface area contributed by atoms with Gasteiger partial charge in [-0.2, -0.15) is 0 Å². The van der Waals surface area contributed by atoms with Crippen LogP contribution in [0, 0.1) is 0 Å². The summed E-state index contributed by atoms with van der Waals surface area (Å²) in [5, 5.41) is 3.07. The van der Waals surface area contributed by atoms with Crippen molar-refractivity contribution in [3.63, 3.8) is 0 Å². The van der Waals surface area contributed by atoms with E-state index >= 15 is 0 Å². The monoisotopic (exact) mass is 1150 g/mol. The number of quaternary nitrogens is 1. The predicted molar refractivity (Wildman–Crippen MR) is 346 cm³/mol. The average molecular weight is 1150 g/mol. The highest BCUT2D eigenvalue weighted by molar-refractivity contribution is 7.47. The van der Waals surface area contributed by atoms with Gasteiger partial charge in [0, 0.05) is 12.8 Å². The van der Waals surface area contributed by atoms with Gasteiger partial charge in [0.05, 0.1) is 33.8 Å². The summed E-state index contributed by atoms with van der Waals surface area (Å²) >= 11 is 0. The number of allylic oxidation sites excluding steroid dienone is 5. The number of ether oxygens (including phenoxy) is 1. The number of likely N-dealkylation sites (N-methyl/N-ethyl adjacent to an activating group) is 1. The number of carbonyl (C=O) groups excluding carboxylic acids is 2. The van der Waals surface area contributed by atoms with Gasteiger partial charge in [-0.1, -0.05) is 308 Å². The quantitative estimate of drug-likeness (QED) is 0.0205. The first-order valence-corrected chi connectivity index (χ1v) is 36.3. The molecule has 9 nitrogen and oxygen atoms in total. The molecule has 10 heteroatoms. The molecule has 0 rings (SSSR count). The lowest BCUT2D eigenvalue weighted by atomic mass is 10.0. The van der Waals surface area contributed by atoms with Gasteiger partial charge >= 0.3 is 13.8 Å². The number of rotatable bonds is 64. The molecular formula is C70H136N2O7P+. The summed E-state index contributed by atoms with van der Waals surface area (Å²) in [5.74, 6) is -0.488. The van der Waals surface area contributed by atoms with Crippen LogP contribution in [-0.4, -0.2) is 74.3 Å². The van der Waals surface area contributed by atoms with Crippen LogP contribution in [0.5, 0.6) is 0 Å². The lowest BCUT2D eigenvalue weighted by Crippen LogP contribution is -2.47. The van der Waals surface area contributed by atoms with Gasteiger partial charge in [-0.3, -0.25) is 18.6 Å². The van der Waals surface area contributed by atoms with E-state index in [1.807, 2.05) is 33.3 Å². The molecule has 0 aromatic rings. The number of nitrogens with zero attached hydrogens (tertiary/aromatic N) is 1. The van der Waals surface area contributed by atoms with Gasteiger partial charge in [-0.05, 0) is 63.9 Å². The minimum absolute atomic E-state index is 0.0426. The standard InChI is InChI=1S/C70H135N2O7P/c1-7-10-13-16-19-22-25-28-30-32-34-36-38-40-42-44-47-50-53-56-59-62-69(73)71-67(66-78-80(75,76)77-65-64-72(4,5)6)68(61-58-55-52-49-46-27-24-21-18-15-12-9-3)79-70(74)63-60-57-54-51-48-45-43-41-39-37-35-33-31-29-26-23-20-17-14-11-8-2/h19,22,28,30,58,61,67-68H,7-18,20-21,23-27,29,31-57,59-60,62-66H2,1-6H3,(H-,71,73,75,76)/p+1/b22-19-,30-28-,61-58+. The lowest BCUT2D eigenvalue weighted by Gasteiger charge is -2.27. The van der Waals surface area contributed by atoms with E-state index in [-0.39, 0.29) is 25.1 Å². The normalized spacial score (nSPS) is 13.7. The van der Waals surface area contributed by atoms with E-state index in [0.717, 1.165) is 64.2 Å². The molecule has 0 spiro atoms. The Balaban J connectivity index is 5.09. The molecule has 472 valence electrons. The molecule has 0 saturated carbocycles. The van der Waals surface area contributed by atoms with Crippen LogP contribution in [0.3, 0.4) is 0 Å². The molecule has 3 atom stereocenters. The number of amides is 1. The summed E-state index contributed by atoms with van der Waals surface area (Å²) in [7, 11) is 1.51. The van der Waals surface area contributed by atoms with E-state index in [4.69, 9.17) is 13.8 Å². The third-order valence-corrected chi connectivity index (χ3v) is 16.8. The van der Waals surface area contributed by atoms with Crippen molar-refractivity contribution in [2.24, 2.45) is 0 Å². The summed E-state index contributed by atoms with van der Waals surface area (Å²) in [6.07, 6.45) is 74.3. The van der Waals surface area contributed by atoms with Crippen LogP contribution < -0.4 is 5.32 Å². The number of phosphoric acid groups is 1. The fourth-order valence-electron chi connectivity index (χ4n) is 10.4. The van der Waals surface area contributed by atoms with Crippen molar-refractivity contribution >= 4 is 19.7 Å². The average Bonchev–Trinajstić information content (AvgIpc) is 3.42. The number of nitrogens with one attached hydrogen (secondary N) is 1. The smallest absolute Gasteiger partial charge is 0.456 e. The first kappa shape index (κ1) is 78.2. The molecule has 0 radical (unpaired) electrons. The number of phosphoric ester groups is 1. The third-order valence-electron chi connectivity index (χ3n) is 15.8. The predicted octanol–water partition coefficient (Wildman–Crippen LogP) is 21.8. The van der Waals surface area contributed by atoms with Gasteiger partial charge in [-0.25, -0.2) is 4.57 Å². The molecule has 0 saturated heterocycles. The maximum absolute atomic E-state index is 13.6. The number of carbonyl (C=O) groups is 2. The second-order valence-corrected chi connectivity index (χ2v) is 26.5. The fraction of sp³-hybridized carbons (Fsp3) is 0.886. The first-order chi connectivity index (χ1) is 38.9. The molecule has 3 unspecified atom stereocenters. The molecule has 0 fully saturated rings. The topological polar surface area (TPSA) is 111 Å². The zero-order valence-corrected chi connectivity index (χ0v) is 55.0. The minimum atomic E-state index is -4.45. The molecule has 0 aliphatic heterocycles. The fourth-order valence-corrected chi connectivity index (χ4v) is 11.2. The van der Waals surface area contributed by atoms with Crippen molar-refractivity contribution in [1.82, 2.24) is 5.32 Å². The Kier molecular flexibility index (Phi) is 59.0. The largest absolute Gasteiger partial charge is 0.472 e. The Hall–Kier alpha value is -1.77. The van der Waals surface area contributed by atoms with Crippen LogP contribution in [0.15, 0.2) is 36.5 Å². The summed E-state index contributed by atoms with van der Waals surface area (Å²) in [6.45, 7) is 7.04. The van der Waals surface area contributed by atoms with Crippen molar-refractivity contribution in [2.45, 2.75) is 360 Å². The molecule has 2 N–H and O–H groups in total. The van der Waals surface area contributed by atoms with Gasteiger partial charge in [0.1, 0.15) is 19.3 Å². The van der Waals surface area contributed by atoms with Gasteiger partial charge in [0.15, 0.2) is 0 Å². The maximum Gasteiger partial charge on any atom is 0.472 e. The van der Waals surface area contributed by atoms with Crippen LogP contribution in [0.2, 0.25) is 0 Å². The van der Waals surface area contributed by atoms with E-state index < -0.39 is 20.0 Å². The van der Waals surface area contributed by atoms with Crippen molar-refractivity contribution < 1.29 is 37.3 Å². The van der Waals surface area contributed by atoms with Crippen LogP contribution in [-0.2, 0) is 27.9 Å². The van der Waals surface area contributed by atoms with E-state index in [2.05, 4.69) is 50.4 Å². The second-order valence-electron chi connectivity index (χ2n) is 25.1. The first-order valence-electron chi connectivity index (χ1n) is 34.8. The summed E-state index contributed by atoms with van der Waals surface area (Å²) < 4.78 is 30.8. The van der Waals surface area contributed by atoms with Crippen molar-refractivity contribution in [2.75, 3.05) is 40.9 Å². The molecule has 1 amide bonds. The van der Waals surface area contributed by atoms with Crippen molar-refractivity contribution in [1.29, 1.82) is 0 Å². The Morgan fingerprint density at radius 3 is 1.15 bits per heavy atom. The van der Waals surface area contributed by atoms with Crippen molar-refractivity contribution in [3.8, 4) is 0 Å².